The number of para-hydroxylation sites is 1. The van der Waals surface area contributed by atoms with Crippen LogP contribution in [0.1, 0.15) is 18.1 Å². The summed E-state index contributed by atoms with van der Waals surface area (Å²) in [4.78, 5) is 10.5. The predicted octanol–water partition coefficient (Wildman–Crippen LogP) is 2.27. The second-order valence-electron chi connectivity index (χ2n) is 4.58. The molecule has 0 saturated heterocycles. The molecular formula is C15H20N4O. The molecule has 1 aromatic heterocycles. The summed E-state index contributed by atoms with van der Waals surface area (Å²) in [6, 6.07) is 7.97. The molecule has 0 spiro atoms. The molecule has 0 saturated carbocycles. The van der Waals surface area contributed by atoms with Crippen molar-refractivity contribution >= 4 is 11.6 Å². The lowest BCUT2D eigenvalue weighted by Gasteiger charge is -2.22. The molecule has 0 fully saturated rings. The lowest BCUT2D eigenvalue weighted by Crippen LogP contribution is -2.20. The lowest BCUT2D eigenvalue weighted by atomic mass is 10.1. The fourth-order valence-electron chi connectivity index (χ4n) is 2.25. The molecule has 0 unspecified atom stereocenters. The second-order valence-corrected chi connectivity index (χ2v) is 4.58. The highest BCUT2D eigenvalue weighted by Crippen LogP contribution is 2.25. The van der Waals surface area contributed by atoms with Crippen LogP contribution in [-0.2, 0) is 13.0 Å². The summed E-state index contributed by atoms with van der Waals surface area (Å²) in [5.74, 6) is 2.29. The number of nitrogens with two attached hydrogens (primary N) is 1. The Morgan fingerprint density at radius 1 is 1.25 bits per heavy atom. The minimum atomic E-state index is 0.546. The van der Waals surface area contributed by atoms with Gasteiger partial charge in [-0.25, -0.2) is 9.97 Å². The Bertz CT molecular complexity index is 586. The van der Waals surface area contributed by atoms with Gasteiger partial charge in [-0.15, -0.1) is 0 Å². The molecule has 0 atom stereocenters. The predicted molar refractivity (Wildman–Crippen MR) is 80.9 cm³/mol. The zero-order chi connectivity index (χ0) is 14.5. The Morgan fingerprint density at radius 2 is 2.00 bits per heavy atom. The number of anilines is 2. The molecule has 0 aliphatic rings. The fraction of sp³-hybridized carbons (Fsp3) is 0.333. The van der Waals surface area contributed by atoms with E-state index in [1.165, 1.54) is 6.33 Å². The standard InChI is InChI=1S/C15H20N4O/c1-4-12-14(16)17-10-18-15(12)19(2)9-11-7-5-6-8-13(11)20-3/h5-8,10H,4,9H2,1-3H3,(H2,16,17,18). The van der Waals surface area contributed by atoms with Crippen LogP contribution in [0, 0.1) is 0 Å². The van der Waals surface area contributed by atoms with Crippen molar-refractivity contribution in [1.29, 1.82) is 0 Å². The largest absolute Gasteiger partial charge is 0.496 e. The number of hydrogen-bond acceptors (Lipinski definition) is 5. The van der Waals surface area contributed by atoms with E-state index in [4.69, 9.17) is 10.5 Å². The van der Waals surface area contributed by atoms with Crippen LogP contribution in [-0.4, -0.2) is 24.1 Å². The Labute approximate surface area is 119 Å². The minimum absolute atomic E-state index is 0.546. The fourth-order valence-corrected chi connectivity index (χ4v) is 2.25. The summed E-state index contributed by atoms with van der Waals surface area (Å²) < 4.78 is 5.38. The van der Waals surface area contributed by atoms with E-state index in [0.29, 0.717) is 12.4 Å². The first-order chi connectivity index (χ1) is 9.67. The smallest absolute Gasteiger partial charge is 0.137 e. The summed E-state index contributed by atoms with van der Waals surface area (Å²) in [5.41, 5.74) is 8.00. The van der Waals surface area contributed by atoms with Crippen LogP contribution in [0.15, 0.2) is 30.6 Å². The maximum Gasteiger partial charge on any atom is 0.137 e. The average molecular weight is 272 g/mol. The Kier molecular flexibility index (Phi) is 4.40. The number of benzene rings is 1. The van der Waals surface area contributed by atoms with E-state index in [0.717, 1.165) is 29.1 Å². The second kappa shape index (κ2) is 6.23. The zero-order valence-corrected chi connectivity index (χ0v) is 12.1. The Hall–Kier alpha value is -2.30. The van der Waals surface area contributed by atoms with Gasteiger partial charge in [-0.2, -0.15) is 0 Å². The average Bonchev–Trinajstić information content (AvgIpc) is 2.47. The Morgan fingerprint density at radius 3 is 2.70 bits per heavy atom. The molecule has 0 radical (unpaired) electrons. The number of methoxy groups -OCH3 is 1. The van der Waals surface area contributed by atoms with Crippen LogP contribution in [0.5, 0.6) is 5.75 Å². The van der Waals surface area contributed by atoms with Gasteiger partial charge in [0.05, 0.1) is 7.11 Å². The summed E-state index contributed by atoms with van der Waals surface area (Å²) in [5, 5.41) is 0. The van der Waals surface area contributed by atoms with Gasteiger partial charge in [0.15, 0.2) is 0 Å². The van der Waals surface area contributed by atoms with E-state index in [1.807, 2.05) is 31.3 Å². The van der Waals surface area contributed by atoms with Crippen LogP contribution in [0.3, 0.4) is 0 Å². The number of nitrogen functional groups attached to an aromatic ring is 1. The first-order valence-electron chi connectivity index (χ1n) is 6.59. The monoisotopic (exact) mass is 272 g/mol. The molecule has 2 N–H and O–H groups in total. The SMILES string of the molecule is CCc1c(N)ncnc1N(C)Cc1ccccc1OC. The third-order valence-electron chi connectivity index (χ3n) is 3.27. The highest BCUT2D eigenvalue weighted by molar-refractivity contribution is 5.56. The van der Waals surface area contributed by atoms with Gasteiger partial charge in [0.2, 0.25) is 0 Å². The molecule has 1 heterocycles. The van der Waals surface area contributed by atoms with Crippen LogP contribution in [0.2, 0.25) is 0 Å². The molecule has 5 heteroatoms. The number of hydrogen-bond donors (Lipinski definition) is 1. The topological polar surface area (TPSA) is 64.3 Å². The minimum Gasteiger partial charge on any atom is -0.496 e. The van der Waals surface area contributed by atoms with Crippen molar-refractivity contribution in [3.63, 3.8) is 0 Å². The molecule has 0 aliphatic heterocycles. The molecule has 0 aliphatic carbocycles. The van der Waals surface area contributed by atoms with Crippen LogP contribution >= 0.6 is 0 Å². The van der Waals surface area contributed by atoms with Gasteiger partial charge in [-0.3, -0.25) is 0 Å². The quantitative estimate of drug-likeness (QED) is 0.904. The number of ether oxygens (including phenoxy) is 1. The molecule has 2 rings (SSSR count). The zero-order valence-electron chi connectivity index (χ0n) is 12.1. The summed E-state index contributed by atoms with van der Waals surface area (Å²) in [6.45, 7) is 2.75. The van der Waals surface area contributed by atoms with Gasteiger partial charge >= 0.3 is 0 Å². The highest BCUT2D eigenvalue weighted by Gasteiger charge is 2.13. The summed E-state index contributed by atoms with van der Waals surface area (Å²) in [6.07, 6.45) is 2.31. The van der Waals surface area contributed by atoms with Crippen LogP contribution < -0.4 is 15.4 Å². The van der Waals surface area contributed by atoms with E-state index < -0.39 is 0 Å². The lowest BCUT2D eigenvalue weighted by molar-refractivity contribution is 0.409. The van der Waals surface area contributed by atoms with E-state index in [-0.39, 0.29) is 0 Å². The Balaban J connectivity index is 2.28. The van der Waals surface area contributed by atoms with Crippen LogP contribution in [0.25, 0.3) is 0 Å². The van der Waals surface area contributed by atoms with Gasteiger partial charge in [-0.1, -0.05) is 25.1 Å². The molecular weight excluding hydrogens is 252 g/mol. The van der Waals surface area contributed by atoms with Gasteiger partial charge in [0.25, 0.3) is 0 Å². The number of rotatable bonds is 5. The maximum absolute atomic E-state index is 5.92. The van der Waals surface area contributed by atoms with Crippen molar-refractivity contribution in [2.24, 2.45) is 0 Å². The molecule has 20 heavy (non-hydrogen) atoms. The normalized spacial score (nSPS) is 10.3. The third-order valence-corrected chi connectivity index (χ3v) is 3.27. The molecule has 0 bridgehead atoms. The van der Waals surface area contributed by atoms with Crippen molar-refractivity contribution in [1.82, 2.24) is 9.97 Å². The van der Waals surface area contributed by atoms with Crippen molar-refractivity contribution in [2.45, 2.75) is 19.9 Å². The first kappa shape index (κ1) is 14.1. The van der Waals surface area contributed by atoms with Gasteiger partial charge < -0.3 is 15.4 Å². The van der Waals surface area contributed by atoms with Crippen molar-refractivity contribution < 1.29 is 4.74 Å². The maximum atomic E-state index is 5.92. The molecule has 1 aromatic carbocycles. The van der Waals surface area contributed by atoms with Crippen molar-refractivity contribution in [3.8, 4) is 5.75 Å². The molecule has 0 amide bonds. The molecule has 2 aromatic rings. The number of nitrogens with zero attached hydrogens (tertiary/aromatic N) is 3. The third kappa shape index (κ3) is 2.82. The number of aromatic nitrogens is 2. The van der Waals surface area contributed by atoms with E-state index in [9.17, 15) is 0 Å². The van der Waals surface area contributed by atoms with Gasteiger partial charge in [0, 0.05) is 24.7 Å². The van der Waals surface area contributed by atoms with Crippen LogP contribution in [0.4, 0.5) is 11.6 Å². The van der Waals surface area contributed by atoms with Crippen molar-refractivity contribution in [3.05, 3.63) is 41.7 Å². The summed E-state index contributed by atoms with van der Waals surface area (Å²) in [7, 11) is 3.67. The van der Waals surface area contributed by atoms with Gasteiger partial charge in [0.1, 0.15) is 23.7 Å². The van der Waals surface area contributed by atoms with Gasteiger partial charge in [-0.05, 0) is 12.5 Å². The van der Waals surface area contributed by atoms with E-state index in [1.54, 1.807) is 7.11 Å². The summed E-state index contributed by atoms with van der Waals surface area (Å²) >= 11 is 0. The first-order valence-corrected chi connectivity index (χ1v) is 6.59. The van der Waals surface area contributed by atoms with E-state index in [2.05, 4.69) is 21.8 Å². The molecule has 5 nitrogen and oxygen atoms in total. The van der Waals surface area contributed by atoms with E-state index >= 15 is 0 Å². The molecule has 106 valence electrons. The van der Waals surface area contributed by atoms with Crippen molar-refractivity contribution in [2.75, 3.05) is 24.8 Å². The highest BCUT2D eigenvalue weighted by atomic mass is 16.5.